The van der Waals surface area contributed by atoms with Crippen LogP contribution in [0.15, 0.2) is 0 Å². The van der Waals surface area contributed by atoms with Gasteiger partial charge in [-0.15, -0.1) is 0 Å². The Bertz CT molecular complexity index is 511. The third-order valence-corrected chi connectivity index (χ3v) is 8.59. The Morgan fingerprint density at radius 1 is 0.432 bits per heavy atom. The highest BCUT2D eigenvalue weighted by Gasteiger charge is 2.53. The number of ketones is 2. The minimum atomic E-state index is -0.864. The largest absolute Gasteiger partial charge is 0.314 e. The normalized spacial score (nSPS) is 12.3. The van der Waals surface area contributed by atoms with E-state index in [-0.39, 0.29) is 11.6 Å². The second-order valence-corrected chi connectivity index (χ2v) is 12.6. The minimum Gasteiger partial charge on any atom is -0.314 e. The molecule has 3 heteroatoms. The number of quaternary nitrogens is 1. The van der Waals surface area contributed by atoms with Gasteiger partial charge in [0.1, 0.15) is 0 Å². The molecule has 0 aromatic heterocycles. The molecule has 0 aliphatic rings. The Labute approximate surface area is 233 Å². The average molecular weight is 523 g/mol. The van der Waals surface area contributed by atoms with Crippen molar-refractivity contribution in [3.8, 4) is 0 Å². The van der Waals surface area contributed by atoms with Crippen molar-refractivity contribution >= 4 is 11.6 Å². The number of unbranched alkanes of at least 4 members (excludes halogenated alkanes) is 20. The highest BCUT2D eigenvalue weighted by Crippen LogP contribution is 2.30. The Hall–Kier alpha value is -0.700. The van der Waals surface area contributed by atoms with E-state index in [1.807, 2.05) is 28.1 Å². The van der Waals surface area contributed by atoms with Gasteiger partial charge in [0.15, 0.2) is 0 Å². The monoisotopic (exact) mass is 523 g/mol. The van der Waals surface area contributed by atoms with Gasteiger partial charge in [0.25, 0.3) is 0 Å². The first-order chi connectivity index (χ1) is 17.8. The van der Waals surface area contributed by atoms with E-state index in [0.717, 1.165) is 25.7 Å². The Morgan fingerprint density at radius 2 is 0.676 bits per heavy atom. The maximum absolute atomic E-state index is 13.5. The summed E-state index contributed by atoms with van der Waals surface area (Å²) >= 11 is 0. The molecule has 0 saturated heterocycles. The van der Waals surface area contributed by atoms with Gasteiger partial charge in [-0.3, -0.25) is 9.59 Å². The molecule has 3 nitrogen and oxygen atoms in total. The van der Waals surface area contributed by atoms with Crippen LogP contribution in [0.1, 0.15) is 181 Å². The van der Waals surface area contributed by atoms with Crippen LogP contribution in [0.4, 0.5) is 0 Å². The fourth-order valence-corrected chi connectivity index (χ4v) is 6.09. The van der Waals surface area contributed by atoms with Crippen molar-refractivity contribution in [2.24, 2.45) is 0 Å². The summed E-state index contributed by atoms with van der Waals surface area (Å²) in [6.07, 6.45) is 29.9. The number of hydrogen-bond acceptors (Lipinski definition) is 2. The van der Waals surface area contributed by atoms with Crippen molar-refractivity contribution in [1.82, 2.24) is 0 Å². The van der Waals surface area contributed by atoms with Gasteiger partial charge < -0.3 is 4.48 Å². The van der Waals surface area contributed by atoms with Crippen molar-refractivity contribution in [3.05, 3.63) is 0 Å². The summed E-state index contributed by atoms with van der Waals surface area (Å²) in [7, 11) is 6.13. The number of carbonyl (C=O) groups excluding carboxylic acids is 2. The van der Waals surface area contributed by atoms with Gasteiger partial charge in [0, 0.05) is 19.3 Å². The Kier molecular flexibility index (Phi) is 22.8. The van der Waals surface area contributed by atoms with Crippen LogP contribution in [0.5, 0.6) is 0 Å². The summed E-state index contributed by atoms with van der Waals surface area (Å²) in [5.41, 5.74) is -0.864. The van der Waals surface area contributed by atoms with Gasteiger partial charge >= 0.3 is 0 Å². The van der Waals surface area contributed by atoms with Gasteiger partial charge in [-0.05, 0) is 12.8 Å². The first-order valence-corrected chi connectivity index (χ1v) is 16.7. The molecule has 0 aliphatic heterocycles. The lowest BCUT2D eigenvalue weighted by Crippen LogP contribution is -2.66. The minimum absolute atomic E-state index is 0.187. The van der Waals surface area contributed by atoms with E-state index < -0.39 is 5.54 Å². The van der Waals surface area contributed by atoms with Crippen LogP contribution >= 0.6 is 0 Å². The van der Waals surface area contributed by atoms with E-state index in [2.05, 4.69) is 13.8 Å². The molecule has 0 aromatic carbocycles. The summed E-state index contributed by atoms with van der Waals surface area (Å²) < 4.78 is 0.428. The number of nitrogens with zero attached hydrogens (tertiary/aromatic N) is 1. The molecule has 0 amide bonds. The highest BCUT2D eigenvalue weighted by atomic mass is 16.2. The van der Waals surface area contributed by atoms with Crippen LogP contribution in [0.25, 0.3) is 0 Å². The number of carbonyl (C=O) groups is 2. The molecule has 0 N–H and O–H groups in total. The molecule has 0 heterocycles. The number of hydrogen-bond donors (Lipinski definition) is 0. The van der Waals surface area contributed by atoms with Crippen LogP contribution in [-0.4, -0.2) is 42.7 Å². The zero-order valence-electron chi connectivity index (χ0n) is 26.4. The molecule has 0 unspecified atom stereocenters. The third kappa shape index (κ3) is 16.1. The molecule has 0 radical (unpaired) electrons. The molecule has 0 aliphatic carbocycles. The molecule has 37 heavy (non-hydrogen) atoms. The summed E-state index contributed by atoms with van der Waals surface area (Å²) in [5.74, 6) is 0.373. The van der Waals surface area contributed by atoms with Crippen LogP contribution in [0.3, 0.4) is 0 Å². The SMILES string of the molecule is CCCCCCCCCCCCCC(=O)C(CC)(C(=O)CCCCCCCCCCCCC)[N+](C)(C)C. The van der Waals surface area contributed by atoms with Gasteiger partial charge in [-0.2, -0.15) is 0 Å². The molecular weight excluding hydrogens is 454 g/mol. The summed E-state index contributed by atoms with van der Waals surface area (Å²) in [5, 5.41) is 0. The molecule has 220 valence electrons. The molecule has 0 aromatic rings. The van der Waals surface area contributed by atoms with Crippen LogP contribution in [0.2, 0.25) is 0 Å². The third-order valence-electron chi connectivity index (χ3n) is 8.59. The summed E-state index contributed by atoms with van der Waals surface area (Å²) in [6.45, 7) is 6.58. The van der Waals surface area contributed by atoms with E-state index in [0.29, 0.717) is 23.7 Å². The molecule has 0 fully saturated rings. The second kappa shape index (κ2) is 23.2. The summed E-state index contributed by atoms with van der Waals surface area (Å²) in [6, 6.07) is 0. The smallest absolute Gasteiger partial charge is 0.216 e. The molecule has 0 atom stereocenters. The molecule has 0 spiro atoms. The van der Waals surface area contributed by atoms with Crippen molar-refractivity contribution in [2.75, 3.05) is 21.1 Å². The second-order valence-electron chi connectivity index (χ2n) is 12.6. The van der Waals surface area contributed by atoms with Crippen LogP contribution in [-0.2, 0) is 9.59 Å². The zero-order valence-corrected chi connectivity index (χ0v) is 26.4. The Morgan fingerprint density at radius 3 is 0.892 bits per heavy atom. The van der Waals surface area contributed by atoms with E-state index in [1.54, 1.807) is 0 Å². The van der Waals surface area contributed by atoms with Crippen molar-refractivity contribution in [1.29, 1.82) is 0 Å². The predicted octanol–water partition coefficient (Wildman–Crippen LogP) is 10.4. The van der Waals surface area contributed by atoms with E-state index in [4.69, 9.17) is 0 Å². The van der Waals surface area contributed by atoms with Gasteiger partial charge in [0.2, 0.25) is 17.1 Å². The maximum atomic E-state index is 13.5. The lowest BCUT2D eigenvalue weighted by atomic mass is 9.79. The van der Waals surface area contributed by atoms with E-state index in [9.17, 15) is 9.59 Å². The number of Topliss-reactive ketones (excluding diaryl/α,β-unsaturated/α-hetero) is 2. The van der Waals surface area contributed by atoms with Crippen molar-refractivity contribution < 1.29 is 14.1 Å². The standard InChI is InChI=1S/C34H68NO2/c1-7-10-12-14-16-18-20-22-24-26-28-30-32(36)34(9-3,35(4,5)6)33(37)31-29-27-25-23-21-19-17-15-13-11-8-2/h7-31H2,1-6H3/q+1. The fraction of sp³-hybridized carbons (Fsp3) is 0.941. The average Bonchev–Trinajstić information content (AvgIpc) is 2.85. The molecular formula is C34H68NO2+. The molecule has 0 saturated carbocycles. The molecule has 0 rings (SSSR count). The van der Waals surface area contributed by atoms with E-state index >= 15 is 0 Å². The lowest BCUT2D eigenvalue weighted by molar-refractivity contribution is -0.902. The number of rotatable bonds is 28. The lowest BCUT2D eigenvalue weighted by Gasteiger charge is -2.43. The highest BCUT2D eigenvalue weighted by molar-refractivity contribution is 6.10. The van der Waals surface area contributed by atoms with Crippen LogP contribution < -0.4 is 0 Å². The van der Waals surface area contributed by atoms with Crippen molar-refractivity contribution in [3.63, 3.8) is 0 Å². The summed E-state index contributed by atoms with van der Waals surface area (Å²) in [4.78, 5) is 27.0. The van der Waals surface area contributed by atoms with E-state index in [1.165, 1.54) is 116 Å². The number of likely N-dealkylation sites (N-methyl/N-ethyl adjacent to an activating group) is 1. The molecule has 0 bridgehead atoms. The maximum Gasteiger partial charge on any atom is 0.216 e. The Balaban J connectivity index is 4.29. The first kappa shape index (κ1) is 36.3. The fourth-order valence-electron chi connectivity index (χ4n) is 6.09. The van der Waals surface area contributed by atoms with Crippen molar-refractivity contribution in [2.45, 2.75) is 187 Å². The van der Waals surface area contributed by atoms with Gasteiger partial charge in [-0.1, -0.05) is 149 Å². The topological polar surface area (TPSA) is 34.1 Å². The quantitative estimate of drug-likeness (QED) is 0.0581. The zero-order chi connectivity index (χ0) is 27.8. The van der Waals surface area contributed by atoms with Gasteiger partial charge in [-0.25, -0.2) is 0 Å². The predicted molar refractivity (Wildman–Crippen MR) is 163 cm³/mol. The van der Waals surface area contributed by atoms with Crippen LogP contribution in [0, 0.1) is 0 Å². The first-order valence-electron chi connectivity index (χ1n) is 16.7. The van der Waals surface area contributed by atoms with Gasteiger partial charge in [0.05, 0.1) is 21.1 Å².